The lowest BCUT2D eigenvalue weighted by molar-refractivity contribution is 0.0622. The van der Waals surface area contributed by atoms with E-state index in [1.807, 2.05) is 24.0 Å². The zero-order chi connectivity index (χ0) is 17.8. The Morgan fingerprint density at radius 1 is 1.04 bits per heavy atom. The normalized spacial score (nSPS) is 15.6. The summed E-state index contributed by atoms with van der Waals surface area (Å²) in [5.74, 6) is 0.614. The highest BCUT2D eigenvalue weighted by atomic mass is 16.2. The zero-order valence-corrected chi connectivity index (χ0v) is 15.4. The lowest BCUT2D eigenvalue weighted by Gasteiger charge is -2.34. The first kappa shape index (κ1) is 17.6. The Labute approximate surface area is 150 Å². The highest BCUT2D eigenvalue weighted by Crippen LogP contribution is 2.16. The third kappa shape index (κ3) is 4.45. The number of rotatable bonds is 4. The molecule has 132 valence electrons. The Morgan fingerprint density at radius 2 is 1.72 bits per heavy atom. The van der Waals surface area contributed by atoms with Crippen LogP contribution in [0.25, 0.3) is 0 Å². The van der Waals surface area contributed by atoms with Crippen LogP contribution in [-0.2, 0) is 6.54 Å². The number of pyridine rings is 1. The fraction of sp³-hybridized carbons (Fsp3) is 0.429. The Balaban J connectivity index is 1.54. The molecule has 1 aromatic carbocycles. The molecule has 0 aliphatic carbocycles. The second-order valence-corrected chi connectivity index (χ2v) is 7.13. The number of nitrogens with zero attached hydrogens (tertiary/aromatic N) is 3. The first-order valence-electron chi connectivity index (χ1n) is 9.07. The van der Waals surface area contributed by atoms with Crippen LogP contribution in [0.3, 0.4) is 0 Å². The molecule has 1 amide bonds. The van der Waals surface area contributed by atoms with Crippen LogP contribution in [-0.4, -0.2) is 46.9 Å². The van der Waals surface area contributed by atoms with Crippen molar-refractivity contribution in [2.45, 2.75) is 33.2 Å². The summed E-state index contributed by atoms with van der Waals surface area (Å²) in [4.78, 5) is 21.2. The largest absolute Gasteiger partial charge is 0.335 e. The van der Waals surface area contributed by atoms with Gasteiger partial charge in [0.15, 0.2) is 0 Å². The van der Waals surface area contributed by atoms with E-state index >= 15 is 0 Å². The number of hydrogen-bond donors (Lipinski definition) is 0. The van der Waals surface area contributed by atoms with E-state index < -0.39 is 0 Å². The molecule has 4 nitrogen and oxygen atoms in total. The van der Waals surface area contributed by atoms with E-state index in [1.165, 1.54) is 11.1 Å². The first-order valence-corrected chi connectivity index (χ1v) is 9.07. The number of hydrogen-bond acceptors (Lipinski definition) is 3. The molecule has 0 saturated carbocycles. The molecule has 1 saturated heterocycles. The van der Waals surface area contributed by atoms with E-state index in [2.05, 4.69) is 48.0 Å². The molecule has 2 heterocycles. The Hall–Kier alpha value is -2.20. The van der Waals surface area contributed by atoms with Gasteiger partial charge in [0.1, 0.15) is 5.69 Å². The smallest absolute Gasteiger partial charge is 0.272 e. The second kappa shape index (κ2) is 7.79. The predicted molar refractivity (Wildman–Crippen MR) is 101 cm³/mol. The quantitative estimate of drug-likeness (QED) is 0.857. The van der Waals surface area contributed by atoms with Crippen molar-refractivity contribution in [2.24, 2.45) is 0 Å². The van der Waals surface area contributed by atoms with Crippen LogP contribution in [0.4, 0.5) is 0 Å². The van der Waals surface area contributed by atoms with Crippen molar-refractivity contribution in [2.75, 3.05) is 26.2 Å². The summed E-state index contributed by atoms with van der Waals surface area (Å²) in [6.45, 7) is 10.6. The maximum Gasteiger partial charge on any atom is 0.272 e. The lowest BCUT2D eigenvalue weighted by Crippen LogP contribution is -2.48. The number of aromatic nitrogens is 1. The van der Waals surface area contributed by atoms with E-state index in [4.69, 9.17) is 0 Å². The minimum atomic E-state index is 0.0460. The molecule has 0 unspecified atom stereocenters. The monoisotopic (exact) mass is 337 g/mol. The topological polar surface area (TPSA) is 36.4 Å². The third-order valence-corrected chi connectivity index (χ3v) is 4.82. The Bertz CT molecular complexity index is 716. The van der Waals surface area contributed by atoms with Crippen molar-refractivity contribution in [3.05, 3.63) is 65.0 Å². The third-order valence-electron chi connectivity index (χ3n) is 4.82. The summed E-state index contributed by atoms with van der Waals surface area (Å²) in [5, 5.41) is 0. The summed E-state index contributed by atoms with van der Waals surface area (Å²) >= 11 is 0. The Kier molecular flexibility index (Phi) is 5.49. The van der Waals surface area contributed by atoms with Crippen LogP contribution in [0.15, 0.2) is 42.5 Å². The second-order valence-electron chi connectivity index (χ2n) is 7.13. The molecular formula is C21H27N3O. The van der Waals surface area contributed by atoms with Gasteiger partial charge >= 0.3 is 0 Å². The summed E-state index contributed by atoms with van der Waals surface area (Å²) in [5.41, 5.74) is 4.15. The summed E-state index contributed by atoms with van der Waals surface area (Å²) < 4.78 is 0. The average Bonchev–Trinajstić information content (AvgIpc) is 2.62. The fourth-order valence-electron chi connectivity index (χ4n) is 3.20. The predicted octanol–water partition coefficient (Wildman–Crippen LogP) is 3.47. The molecule has 1 aliphatic heterocycles. The maximum atomic E-state index is 12.6. The van der Waals surface area contributed by atoms with Gasteiger partial charge in [-0.2, -0.15) is 0 Å². The van der Waals surface area contributed by atoms with Gasteiger partial charge in [-0.15, -0.1) is 0 Å². The van der Waals surface area contributed by atoms with E-state index in [0.717, 1.165) is 38.4 Å². The minimum absolute atomic E-state index is 0.0460. The molecule has 4 heteroatoms. The van der Waals surface area contributed by atoms with E-state index in [0.29, 0.717) is 11.6 Å². The molecule has 1 aliphatic rings. The van der Waals surface area contributed by atoms with Crippen molar-refractivity contribution < 1.29 is 4.79 Å². The van der Waals surface area contributed by atoms with Crippen LogP contribution in [0.1, 0.15) is 47.1 Å². The fourth-order valence-corrected chi connectivity index (χ4v) is 3.20. The molecule has 0 radical (unpaired) electrons. The lowest BCUT2D eigenvalue weighted by atomic mass is 10.0. The minimum Gasteiger partial charge on any atom is -0.335 e. The molecule has 0 spiro atoms. The molecule has 0 atom stereocenters. The number of amides is 1. The van der Waals surface area contributed by atoms with Crippen molar-refractivity contribution >= 4 is 5.91 Å². The van der Waals surface area contributed by atoms with E-state index in [-0.39, 0.29) is 5.91 Å². The highest BCUT2D eigenvalue weighted by molar-refractivity contribution is 5.92. The van der Waals surface area contributed by atoms with Crippen LogP contribution in [0, 0.1) is 6.92 Å². The summed E-state index contributed by atoms with van der Waals surface area (Å²) in [6, 6.07) is 14.5. The average molecular weight is 337 g/mol. The van der Waals surface area contributed by atoms with Gasteiger partial charge in [-0.1, -0.05) is 44.2 Å². The molecule has 1 aromatic heterocycles. The van der Waals surface area contributed by atoms with Crippen molar-refractivity contribution in [1.82, 2.24) is 14.8 Å². The van der Waals surface area contributed by atoms with Gasteiger partial charge in [0.2, 0.25) is 0 Å². The summed E-state index contributed by atoms with van der Waals surface area (Å²) in [7, 11) is 0. The maximum absolute atomic E-state index is 12.6. The van der Waals surface area contributed by atoms with Gasteiger partial charge in [-0.25, -0.2) is 4.98 Å². The molecule has 0 bridgehead atoms. The van der Waals surface area contributed by atoms with Crippen LogP contribution in [0.5, 0.6) is 0 Å². The highest BCUT2D eigenvalue weighted by Gasteiger charge is 2.22. The molecular weight excluding hydrogens is 310 g/mol. The van der Waals surface area contributed by atoms with Crippen LogP contribution >= 0.6 is 0 Å². The van der Waals surface area contributed by atoms with Crippen LogP contribution < -0.4 is 0 Å². The van der Waals surface area contributed by atoms with Gasteiger partial charge in [-0.3, -0.25) is 9.69 Å². The van der Waals surface area contributed by atoms with E-state index in [9.17, 15) is 4.79 Å². The van der Waals surface area contributed by atoms with Crippen molar-refractivity contribution in [3.8, 4) is 0 Å². The zero-order valence-electron chi connectivity index (χ0n) is 15.4. The van der Waals surface area contributed by atoms with Gasteiger partial charge in [0.05, 0.1) is 0 Å². The molecule has 2 aromatic rings. The standard InChI is InChI=1S/C21H27N3O/c1-16(2)19-9-7-18(8-10-19)15-23-11-13-24(14-12-23)21(25)20-6-4-5-17(3)22-20/h4-10,16H,11-15H2,1-3H3. The number of carbonyl (C=O) groups is 1. The number of benzene rings is 1. The van der Waals surface area contributed by atoms with Crippen molar-refractivity contribution in [1.29, 1.82) is 0 Å². The molecule has 1 fully saturated rings. The molecule has 0 N–H and O–H groups in total. The van der Waals surface area contributed by atoms with Gasteiger partial charge in [-0.05, 0) is 36.1 Å². The Morgan fingerprint density at radius 3 is 2.32 bits per heavy atom. The van der Waals surface area contributed by atoms with Gasteiger partial charge < -0.3 is 4.90 Å². The number of piperazine rings is 1. The van der Waals surface area contributed by atoms with E-state index in [1.54, 1.807) is 6.07 Å². The van der Waals surface area contributed by atoms with Gasteiger partial charge in [0.25, 0.3) is 5.91 Å². The SMILES string of the molecule is Cc1cccc(C(=O)N2CCN(Cc3ccc(C(C)C)cc3)CC2)n1. The number of aryl methyl sites for hydroxylation is 1. The summed E-state index contributed by atoms with van der Waals surface area (Å²) in [6.07, 6.45) is 0. The van der Waals surface area contributed by atoms with Crippen LogP contribution in [0.2, 0.25) is 0 Å². The van der Waals surface area contributed by atoms with Gasteiger partial charge in [0, 0.05) is 38.4 Å². The van der Waals surface area contributed by atoms with Crippen molar-refractivity contribution in [3.63, 3.8) is 0 Å². The number of carbonyl (C=O) groups excluding carboxylic acids is 1. The molecule has 3 rings (SSSR count). The first-order chi connectivity index (χ1) is 12.0. The molecule has 25 heavy (non-hydrogen) atoms.